The van der Waals surface area contributed by atoms with Gasteiger partial charge in [-0.2, -0.15) is 0 Å². The Kier molecular flexibility index (Phi) is 5.21. The highest BCUT2D eigenvalue weighted by atomic mass is 16.3. The van der Waals surface area contributed by atoms with Crippen LogP contribution in [-0.4, -0.2) is 41.1 Å². The van der Waals surface area contributed by atoms with Crippen molar-refractivity contribution in [3.05, 3.63) is 29.8 Å². The highest BCUT2D eigenvalue weighted by Crippen LogP contribution is 2.27. The summed E-state index contributed by atoms with van der Waals surface area (Å²) in [5.74, 6) is 0.712. The number of piperidine rings is 1. The lowest BCUT2D eigenvalue weighted by Gasteiger charge is -2.31. The van der Waals surface area contributed by atoms with Gasteiger partial charge in [0.05, 0.1) is 6.10 Å². The lowest BCUT2D eigenvalue weighted by Crippen LogP contribution is -2.42. The molecule has 0 radical (unpaired) electrons. The molecular formula is C19H28N2O2. The summed E-state index contributed by atoms with van der Waals surface area (Å²) in [6, 6.07) is 8.33. The highest BCUT2D eigenvalue weighted by Gasteiger charge is 2.24. The van der Waals surface area contributed by atoms with E-state index in [4.69, 9.17) is 0 Å². The number of β-amino-alcohol motifs (C(OH)–C–C–N with tert-alkyl or cyclic N) is 1. The number of anilines is 1. The van der Waals surface area contributed by atoms with E-state index in [-0.39, 0.29) is 12.0 Å². The predicted octanol–water partition coefficient (Wildman–Crippen LogP) is 3.27. The van der Waals surface area contributed by atoms with Crippen LogP contribution in [0, 0.1) is 5.92 Å². The Morgan fingerprint density at radius 2 is 2.04 bits per heavy atom. The molecule has 0 spiro atoms. The van der Waals surface area contributed by atoms with Crippen LogP contribution in [0.15, 0.2) is 24.3 Å². The van der Waals surface area contributed by atoms with Gasteiger partial charge in [-0.25, -0.2) is 0 Å². The number of nitrogens with one attached hydrogen (secondary N) is 1. The third-order valence-electron chi connectivity index (χ3n) is 5.26. The maximum absolute atomic E-state index is 12.6. The SMILES string of the molecule is CC1CCCCC1Nc1cccc(C(=O)N2CCCC(O)C2)c1. The molecule has 1 aliphatic carbocycles. The third-order valence-corrected chi connectivity index (χ3v) is 5.26. The monoisotopic (exact) mass is 316 g/mol. The fraction of sp³-hybridized carbons (Fsp3) is 0.632. The zero-order chi connectivity index (χ0) is 16.2. The van der Waals surface area contributed by atoms with Gasteiger partial charge in [-0.15, -0.1) is 0 Å². The van der Waals surface area contributed by atoms with Crippen LogP contribution in [0.5, 0.6) is 0 Å². The van der Waals surface area contributed by atoms with E-state index >= 15 is 0 Å². The number of hydrogen-bond donors (Lipinski definition) is 2. The second-order valence-electron chi connectivity index (χ2n) is 7.14. The normalized spacial score (nSPS) is 28.4. The maximum Gasteiger partial charge on any atom is 0.254 e. The second-order valence-corrected chi connectivity index (χ2v) is 7.14. The smallest absolute Gasteiger partial charge is 0.254 e. The van der Waals surface area contributed by atoms with Gasteiger partial charge >= 0.3 is 0 Å². The first-order valence-corrected chi connectivity index (χ1v) is 8.97. The number of hydrogen-bond acceptors (Lipinski definition) is 3. The predicted molar refractivity (Wildman–Crippen MR) is 92.6 cm³/mol. The summed E-state index contributed by atoms with van der Waals surface area (Å²) < 4.78 is 0. The van der Waals surface area contributed by atoms with E-state index in [0.29, 0.717) is 24.1 Å². The van der Waals surface area contributed by atoms with E-state index in [1.807, 2.05) is 24.3 Å². The summed E-state index contributed by atoms with van der Waals surface area (Å²) in [6.45, 7) is 3.50. The molecule has 1 aromatic rings. The average molecular weight is 316 g/mol. The first-order chi connectivity index (χ1) is 11.1. The Morgan fingerprint density at radius 1 is 1.22 bits per heavy atom. The number of likely N-dealkylation sites (tertiary alicyclic amines) is 1. The molecule has 1 heterocycles. The minimum atomic E-state index is -0.378. The number of nitrogens with zero attached hydrogens (tertiary/aromatic N) is 1. The molecule has 1 amide bonds. The number of aliphatic hydroxyl groups excluding tert-OH is 1. The van der Waals surface area contributed by atoms with Crippen LogP contribution in [-0.2, 0) is 0 Å². The standard InChI is InChI=1S/C19H28N2O2/c1-14-6-2-3-10-18(14)20-16-8-4-7-15(12-16)19(23)21-11-5-9-17(22)13-21/h4,7-8,12,14,17-18,20,22H,2-3,5-6,9-11,13H2,1H3. The van der Waals surface area contributed by atoms with Gasteiger partial charge in [-0.1, -0.05) is 25.8 Å². The van der Waals surface area contributed by atoms with Crippen LogP contribution < -0.4 is 5.32 Å². The maximum atomic E-state index is 12.6. The first kappa shape index (κ1) is 16.3. The molecular weight excluding hydrogens is 288 g/mol. The zero-order valence-electron chi connectivity index (χ0n) is 14.0. The van der Waals surface area contributed by atoms with Crippen LogP contribution in [0.2, 0.25) is 0 Å². The fourth-order valence-electron chi connectivity index (χ4n) is 3.81. The lowest BCUT2D eigenvalue weighted by atomic mass is 9.86. The van der Waals surface area contributed by atoms with Gasteiger partial charge in [0.1, 0.15) is 0 Å². The molecule has 1 saturated heterocycles. The largest absolute Gasteiger partial charge is 0.391 e. The average Bonchev–Trinajstić information content (AvgIpc) is 2.56. The Labute approximate surface area is 138 Å². The molecule has 4 heteroatoms. The first-order valence-electron chi connectivity index (χ1n) is 8.97. The summed E-state index contributed by atoms with van der Waals surface area (Å²) in [5, 5.41) is 13.4. The van der Waals surface area contributed by atoms with E-state index in [9.17, 15) is 9.90 Å². The zero-order valence-corrected chi connectivity index (χ0v) is 14.0. The van der Waals surface area contributed by atoms with Gasteiger partial charge in [0.15, 0.2) is 0 Å². The fourth-order valence-corrected chi connectivity index (χ4v) is 3.81. The molecule has 2 aliphatic rings. The van der Waals surface area contributed by atoms with E-state index < -0.39 is 0 Å². The molecule has 1 aromatic carbocycles. The van der Waals surface area contributed by atoms with E-state index in [1.54, 1.807) is 4.90 Å². The van der Waals surface area contributed by atoms with Crippen molar-refractivity contribution in [1.29, 1.82) is 0 Å². The molecule has 0 bridgehead atoms. The van der Waals surface area contributed by atoms with Crippen molar-refractivity contribution in [2.24, 2.45) is 5.92 Å². The Bertz CT molecular complexity index is 546. The topological polar surface area (TPSA) is 52.6 Å². The molecule has 2 fully saturated rings. The molecule has 4 nitrogen and oxygen atoms in total. The molecule has 3 unspecified atom stereocenters. The molecule has 3 rings (SSSR count). The summed E-state index contributed by atoms with van der Waals surface area (Å²) in [5.41, 5.74) is 1.75. The second kappa shape index (κ2) is 7.35. The molecule has 23 heavy (non-hydrogen) atoms. The summed E-state index contributed by atoms with van der Waals surface area (Å²) in [7, 11) is 0. The summed E-state index contributed by atoms with van der Waals surface area (Å²) in [6.07, 6.45) is 6.40. The van der Waals surface area contributed by atoms with Crippen molar-refractivity contribution < 1.29 is 9.90 Å². The number of carbonyl (C=O) groups is 1. The summed E-state index contributed by atoms with van der Waals surface area (Å²) >= 11 is 0. The van der Waals surface area contributed by atoms with Crippen molar-refractivity contribution in [3.8, 4) is 0 Å². The van der Waals surface area contributed by atoms with Gasteiger partial charge in [0, 0.05) is 30.4 Å². The minimum absolute atomic E-state index is 0.0316. The number of carbonyl (C=O) groups excluding carboxylic acids is 1. The van der Waals surface area contributed by atoms with Crippen LogP contribution in [0.1, 0.15) is 55.8 Å². The Morgan fingerprint density at radius 3 is 2.83 bits per heavy atom. The lowest BCUT2D eigenvalue weighted by molar-refractivity contribution is 0.0474. The van der Waals surface area contributed by atoms with Crippen molar-refractivity contribution in [2.45, 2.75) is 57.6 Å². The molecule has 1 aliphatic heterocycles. The number of rotatable bonds is 3. The van der Waals surface area contributed by atoms with Crippen molar-refractivity contribution in [1.82, 2.24) is 4.90 Å². The van der Waals surface area contributed by atoms with Crippen molar-refractivity contribution in [3.63, 3.8) is 0 Å². The Hall–Kier alpha value is -1.55. The van der Waals surface area contributed by atoms with E-state index in [0.717, 1.165) is 25.1 Å². The van der Waals surface area contributed by atoms with E-state index in [1.165, 1.54) is 25.7 Å². The quantitative estimate of drug-likeness (QED) is 0.900. The van der Waals surface area contributed by atoms with E-state index in [2.05, 4.69) is 12.2 Å². The van der Waals surface area contributed by atoms with Crippen molar-refractivity contribution >= 4 is 11.6 Å². The number of amides is 1. The van der Waals surface area contributed by atoms with Crippen LogP contribution >= 0.6 is 0 Å². The van der Waals surface area contributed by atoms with Crippen LogP contribution in [0.3, 0.4) is 0 Å². The van der Waals surface area contributed by atoms with Gasteiger partial charge in [-0.05, 0) is 49.8 Å². The van der Waals surface area contributed by atoms with Crippen molar-refractivity contribution in [2.75, 3.05) is 18.4 Å². The molecule has 0 aromatic heterocycles. The molecule has 2 N–H and O–H groups in total. The minimum Gasteiger partial charge on any atom is -0.391 e. The third kappa shape index (κ3) is 4.05. The van der Waals surface area contributed by atoms with Gasteiger partial charge in [0.2, 0.25) is 0 Å². The summed E-state index contributed by atoms with van der Waals surface area (Å²) in [4.78, 5) is 14.4. The Balaban J connectivity index is 1.68. The molecule has 3 atom stereocenters. The molecule has 126 valence electrons. The van der Waals surface area contributed by atoms with Crippen LogP contribution in [0.4, 0.5) is 5.69 Å². The molecule has 1 saturated carbocycles. The van der Waals surface area contributed by atoms with Crippen LogP contribution in [0.25, 0.3) is 0 Å². The highest BCUT2D eigenvalue weighted by molar-refractivity contribution is 5.95. The van der Waals surface area contributed by atoms with Gasteiger partial charge in [-0.3, -0.25) is 4.79 Å². The number of aliphatic hydroxyl groups is 1. The van der Waals surface area contributed by atoms with Gasteiger partial charge < -0.3 is 15.3 Å². The van der Waals surface area contributed by atoms with Gasteiger partial charge in [0.25, 0.3) is 5.91 Å². The number of benzene rings is 1.